The van der Waals surface area contributed by atoms with Crippen molar-refractivity contribution in [3.05, 3.63) is 97.8 Å². The number of hydrogen-bond donors (Lipinski definition) is 4. The molecule has 12 nitrogen and oxygen atoms in total. The highest BCUT2D eigenvalue weighted by Gasteiger charge is 1.93. The molecule has 36 heavy (non-hydrogen) atoms. The maximum Gasteiger partial charge on any atom is 0.201 e. The van der Waals surface area contributed by atoms with E-state index in [-0.39, 0.29) is 0 Å². The summed E-state index contributed by atoms with van der Waals surface area (Å²) in [5.74, 6) is 0. The summed E-state index contributed by atoms with van der Waals surface area (Å²) in [5.41, 5.74) is 7.18. The van der Waals surface area contributed by atoms with E-state index in [0.717, 1.165) is 38.7 Å². The Morgan fingerprint density at radius 3 is 1.72 bits per heavy atom. The molecule has 12 heteroatoms. The lowest BCUT2D eigenvalue weighted by molar-refractivity contribution is 0.954. The molecular formula is C24H20N12. The second-order valence-electron chi connectivity index (χ2n) is 7.18. The Bertz CT molecular complexity index is 1390. The number of H-pyrrole nitrogens is 4. The average Bonchev–Trinajstić information content (AvgIpc) is 3.76. The molecule has 6 aromatic heterocycles. The number of fused-ring (bicyclic) bond motifs is 4. The van der Waals surface area contributed by atoms with Crippen molar-refractivity contribution in [2.45, 2.75) is 0 Å². The van der Waals surface area contributed by atoms with Gasteiger partial charge in [-0.25, -0.2) is 19.9 Å². The summed E-state index contributed by atoms with van der Waals surface area (Å²) < 4.78 is 0. The van der Waals surface area contributed by atoms with Gasteiger partial charge in [-0.1, -0.05) is 24.3 Å². The van der Waals surface area contributed by atoms with E-state index in [2.05, 4.69) is 60.7 Å². The van der Waals surface area contributed by atoms with Crippen molar-refractivity contribution in [2.75, 3.05) is 0 Å². The smallest absolute Gasteiger partial charge is 0.201 e. The quantitative estimate of drug-likeness (QED) is 0.256. The Morgan fingerprint density at radius 2 is 0.972 bits per heavy atom. The monoisotopic (exact) mass is 476 g/mol. The molecule has 2 aromatic carbocycles. The summed E-state index contributed by atoms with van der Waals surface area (Å²) in [4.78, 5) is 21.9. The predicted molar refractivity (Wildman–Crippen MR) is 136 cm³/mol. The van der Waals surface area contributed by atoms with E-state index in [1.807, 2.05) is 72.8 Å². The first-order chi connectivity index (χ1) is 17.9. The third kappa shape index (κ3) is 5.51. The number of nitrogens with zero attached hydrogens (tertiary/aromatic N) is 8. The van der Waals surface area contributed by atoms with Gasteiger partial charge < -0.3 is 9.97 Å². The second-order valence-corrected chi connectivity index (χ2v) is 7.18. The molecule has 6 heterocycles. The first-order valence-corrected chi connectivity index (χ1v) is 10.9. The Morgan fingerprint density at radius 1 is 0.417 bits per heavy atom. The van der Waals surface area contributed by atoms with Crippen molar-refractivity contribution in [3.63, 3.8) is 0 Å². The van der Waals surface area contributed by atoms with Crippen molar-refractivity contribution in [2.24, 2.45) is 0 Å². The normalized spacial score (nSPS) is 10.2. The summed E-state index contributed by atoms with van der Waals surface area (Å²) in [7, 11) is 0. The van der Waals surface area contributed by atoms with Crippen LogP contribution in [0.5, 0.6) is 0 Å². The summed E-state index contributed by atoms with van der Waals surface area (Å²) in [6.07, 6.45) is 6.75. The fraction of sp³-hybridized carbons (Fsp3) is 0. The standard InChI is InChI=1S/C7H6N2.2C6H5N3.C5H4N4/c1-2-4-7-6(3-1)8-5-9-7;1-2-5-6(7-3-1)9-4-8-5;1-2-4-6-5(3-1)7-9-8-6;1-2-4-5(6-3-1)8-9-7-4/h1-5H,(H,8,9);2*1-4H,(H,7,8,9);1-3H,(H,6,7,8,9). The molecule has 0 bridgehead atoms. The highest BCUT2D eigenvalue weighted by molar-refractivity contribution is 5.74. The van der Waals surface area contributed by atoms with E-state index in [1.54, 1.807) is 25.0 Å². The molecule has 176 valence electrons. The van der Waals surface area contributed by atoms with Gasteiger partial charge in [0.15, 0.2) is 5.65 Å². The average molecular weight is 477 g/mol. The first kappa shape index (κ1) is 22.3. The summed E-state index contributed by atoms with van der Waals surface area (Å²) in [6.45, 7) is 0. The van der Waals surface area contributed by atoms with Crippen LogP contribution < -0.4 is 0 Å². The second kappa shape index (κ2) is 11.1. The largest absolute Gasteiger partial charge is 0.345 e. The van der Waals surface area contributed by atoms with Crippen LogP contribution in [0.4, 0.5) is 0 Å². The van der Waals surface area contributed by atoms with Crippen LogP contribution in [0.25, 0.3) is 44.4 Å². The molecule has 0 aliphatic rings. The topological polar surface area (TPSA) is 166 Å². The molecule has 0 saturated carbocycles. The van der Waals surface area contributed by atoms with Crippen LogP contribution >= 0.6 is 0 Å². The number of imidazole rings is 2. The van der Waals surface area contributed by atoms with Gasteiger partial charge in [-0.2, -0.15) is 25.7 Å². The zero-order valence-corrected chi connectivity index (χ0v) is 18.8. The maximum absolute atomic E-state index is 4.06. The number of para-hydroxylation sites is 4. The SMILES string of the molecule is c1ccc2[nH]cnc2c1.c1ccc2n[nH]nc2c1.c1cnc2n[nH]nc2c1.c1cnc2nc[nH]c2c1. The predicted octanol–water partition coefficient (Wildman–Crippen LogP) is 3.83. The Kier molecular flexibility index (Phi) is 6.85. The molecule has 0 fully saturated rings. The third-order valence-corrected chi connectivity index (χ3v) is 4.84. The van der Waals surface area contributed by atoms with Crippen LogP contribution in [0.3, 0.4) is 0 Å². The third-order valence-electron chi connectivity index (χ3n) is 4.84. The molecule has 0 amide bonds. The van der Waals surface area contributed by atoms with Gasteiger partial charge in [0.1, 0.15) is 16.6 Å². The minimum absolute atomic E-state index is 0.664. The zero-order valence-electron chi connectivity index (χ0n) is 18.8. The summed E-state index contributed by atoms with van der Waals surface area (Å²) in [5, 5.41) is 20.4. The van der Waals surface area contributed by atoms with Gasteiger partial charge in [-0.05, 0) is 48.5 Å². The van der Waals surface area contributed by atoms with Crippen molar-refractivity contribution in [1.82, 2.24) is 60.7 Å². The van der Waals surface area contributed by atoms with Crippen molar-refractivity contribution >= 4 is 44.4 Å². The highest BCUT2D eigenvalue weighted by Crippen LogP contribution is 2.06. The van der Waals surface area contributed by atoms with Crippen LogP contribution in [0.1, 0.15) is 0 Å². The fourth-order valence-corrected chi connectivity index (χ4v) is 3.13. The zero-order chi connectivity index (χ0) is 24.4. The molecule has 0 saturated heterocycles. The Labute approximate surface area is 203 Å². The van der Waals surface area contributed by atoms with Gasteiger partial charge in [0.05, 0.1) is 29.2 Å². The van der Waals surface area contributed by atoms with Crippen LogP contribution in [-0.4, -0.2) is 60.7 Å². The van der Waals surface area contributed by atoms with Gasteiger partial charge in [-0.3, -0.25) is 0 Å². The number of hydrogen-bond acceptors (Lipinski definition) is 8. The van der Waals surface area contributed by atoms with E-state index in [0.29, 0.717) is 5.65 Å². The fourth-order valence-electron chi connectivity index (χ4n) is 3.13. The van der Waals surface area contributed by atoms with E-state index >= 15 is 0 Å². The first-order valence-electron chi connectivity index (χ1n) is 10.9. The lowest BCUT2D eigenvalue weighted by atomic mass is 10.3. The van der Waals surface area contributed by atoms with Crippen molar-refractivity contribution in [1.29, 1.82) is 0 Å². The van der Waals surface area contributed by atoms with Crippen molar-refractivity contribution < 1.29 is 0 Å². The molecule has 0 aliphatic heterocycles. The molecule has 0 atom stereocenters. The molecule has 0 unspecified atom stereocenters. The Balaban J connectivity index is 0.0000000988. The maximum atomic E-state index is 4.06. The van der Waals surface area contributed by atoms with Gasteiger partial charge in [0.2, 0.25) is 5.65 Å². The number of nitrogens with one attached hydrogen (secondary N) is 4. The molecule has 0 radical (unpaired) electrons. The number of benzene rings is 2. The lowest BCUT2D eigenvalue weighted by Crippen LogP contribution is -1.71. The lowest BCUT2D eigenvalue weighted by Gasteiger charge is -1.81. The highest BCUT2D eigenvalue weighted by atomic mass is 15.3. The number of rotatable bonds is 0. The molecule has 8 rings (SSSR count). The number of pyridine rings is 2. The molecule has 0 aliphatic carbocycles. The van der Waals surface area contributed by atoms with Gasteiger partial charge >= 0.3 is 0 Å². The van der Waals surface area contributed by atoms with E-state index in [9.17, 15) is 0 Å². The van der Waals surface area contributed by atoms with Crippen LogP contribution in [0.15, 0.2) is 97.8 Å². The van der Waals surface area contributed by atoms with Crippen molar-refractivity contribution in [3.8, 4) is 0 Å². The minimum Gasteiger partial charge on any atom is -0.345 e. The summed E-state index contributed by atoms with van der Waals surface area (Å²) in [6, 6.07) is 23.1. The van der Waals surface area contributed by atoms with E-state index in [4.69, 9.17) is 0 Å². The number of aromatic amines is 4. The minimum atomic E-state index is 0.664. The van der Waals surface area contributed by atoms with Gasteiger partial charge in [0, 0.05) is 12.4 Å². The van der Waals surface area contributed by atoms with E-state index < -0.39 is 0 Å². The van der Waals surface area contributed by atoms with E-state index in [1.165, 1.54) is 0 Å². The van der Waals surface area contributed by atoms with Crippen LogP contribution in [0, 0.1) is 0 Å². The molecule has 0 spiro atoms. The Hall–Kier alpha value is -5.52. The van der Waals surface area contributed by atoms with Gasteiger partial charge in [0.25, 0.3) is 0 Å². The molecular weight excluding hydrogens is 456 g/mol. The molecule has 8 aromatic rings. The molecule has 4 N–H and O–H groups in total. The van der Waals surface area contributed by atoms with Gasteiger partial charge in [-0.15, -0.1) is 5.10 Å². The number of aromatic nitrogens is 12. The van der Waals surface area contributed by atoms with Crippen LogP contribution in [-0.2, 0) is 0 Å². The summed E-state index contributed by atoms with van der Waals surface area (Å²) >= 11 is 0. The van der Waals surface area contributed by atoms with Crippen LogP contribution in [0.2, 0.25) is 0 Å².